The van der Waals surface area contributed by atoms with Crippen LogP contribution < -0.4 is 15.0 Å². The molecule has 4 heterocycles. The average Bonchev–Trinajstić information content (AvgIpc) is 3.45. The predicted molar refractivity (Wildman–Crippen MR) is 124 cm³/mol. The van der Waals surface area contributed by atoms with Crippen LogP contribution in [0.25, 0.3) is 10.9 Å². The third-order valence-corrected chi connectivity index (χ3v) is 6.62. The highest BCUT2D eigenvalue weighted by Gasteiger charge is 2.25. The molecule has 2 fully saturated rings. The minimum Gasteiger partial charge on any atom is -0.489 e. The van der Waals surface area contributed by atoms with Gasteiger partial charge >= 0.3 is 0 Å². The zero-order valence-electron chi connectivity index (χ0n) is 18.5. The number of anilines is 1. The van der Waals surface area contributed by atoms with E-state index in [0.717, 1.165) is 86.1 Å². The lowest BCUT2D eigenvalue weighted by Crippen LogP contribution is -2.37. The van der Waals surface area contributed by atoms with Crippen LogP contribution in [0.4, 0.5) is 5.95 Å². The highest BCUT2D eigenvalue weighted by molar-refractivity contribution is 5.98. The molecule has 2 saturated heterocycles. The van der Waals surface area contributed by atoms with Crippen molar-refractivity contribution in [2.75, 3.05) is 44.3 Å². The Bertz CT molecular complexity index is 1190. The van der Waals surface area contributed by atoms with Crippen LogP contribution in [0.3, 0.4) is 0 Å². The zero-order valence-corrected chi connectivity index (χ0v) is 18.5. The fourth-order valence-corrected chi connectivity index (χ4v) is 4.86. The van der Waals surface area contributed by atoms with Gasteiger partial charge < -0.3 is 19.7 Å². The molecule has 0 spiro atoms. The summed E-state index contributed by atoms with van der Waals surface area (Å²) in [5, 5.41) is 3.92. The van der Waals surface area contributed by atoms with Crippen LogP contribution in [0.15, 0.2) is 42.6 Å². The van der Waals surface area contributed by atoms with E-state index in [1.54, 1.807) is 0 Å². The maximum absolute atomic E-state index is 11.7. The quantitative estimate of drug-likeness (QED) is 0.646. The second-order valence-electron chi connectivity index (χ2n) is 8.93. The van der Waals surface area contributed by atoms with E-state index in [9.17, 15) is 4.79 Å². The number of rotatable bonds is 5. The second-order valence-corrected chi connectivity index (χ2v) is 8.93. The van der Waals surface area contributed by atoms with E-state index in [2.05, 4.69) is 38.3 Å². The molecule has 0 aliphatic carbocycles. The monoisotopic (exact) mass is 445 g/mol. The lowest BCUT2D eigenvalue weighted by atomic mass is 10.1. The zero-order chi connectivity index (χ0) is 22.2. The first-order valence-corrected chi connectivity index (χ1v) is 11.6. The molecule has 8 nitrogen and oxygen atoms in total. The Morgan fingerprint density at radius 3 is 2.94 bits per heavy atom. The first kappa shape index (κ1) is 20.4. The fraction of sp³-hybridized carbons (Fsp3) is 0.400. The normalized spacial score (nSPS) is 20.8. The summed E-state index contributed by atoms with van der Waals surface area (Å²) in [5.41, 5.74) is 4.01. The van der Waals surface area contributed by atoms with Crippen molar-refractivity contribution in [3.05, 3.63) is 59.3 Å². The van der Waals surface area contributed by atoms with E-state index in [-0.39, 0.29) is 12.0 Å². The van der Waals surface area contributed by atoms with Gasteiger partial charge in [-0.25, -0.2) is 9.97 Å². The molecule has 1 N–H and O–H groups in total. The highest BCUT2D eigenvalue weighted by Crippen LogP contribution is 2.25. The van der Waals surface area contributed by atoms with Crippen LogP contribution in [-0.4, -0.2) is 66.3 Å². The molecule has 0 saturated carbocycles. The molecule has 33 heavy (non-hydrogen) atoms. The lowest BCUT2D eigenvalue weighted by Gasteiger charge is -2.26. The number of ether oxygens (including phenoxy) is 2. The molecule has 6 rings (SSSR count). The number of hydrogen-bond donors (Lipinski definition) is 1. The van der Waals surface area contributed by atoms with E-state index in [1.165, 1.54) is 5.56 Å². The number of fused-ring (bicyclic) bond motifs is 2. The van der Waals surface area contributed by atoms with Gasteiger partial charge in [-0.2, -0.15) is 0 Å². The molecule has 1 aromatic heterocycles. The van der Waals surface area contributed by atoms with Gasteiger partial charge in [0.05, 0.1) is 18.7 Å². The molecule has 3 aromatic rings. The first-order chi connectivity index (χ1) is 16.2. The third-order valence-electron chi connectivity index (χ3n) is 6.62. The van der Waals surface area contributed by atoms with Crippen molar-refractivity contribution in [2.24, 2.45) is 0 Å². The van der Waals surface area contributed by atoms with Gasteiger partial charge in [-0.05, 0) is 47.9 Å². The molecule has 0 radical (unpaired) electrons. The van der Waals surface area contributed by atoms with Gasteiger partial charge in [0.25, 0.3) is 5.91 Å². The van der Waals surface area contributed by atoms with E-state index >= 15 is 0 Å². The molecule has 8 heteroatoms. The van der Waals surface area contributed by atoms with Crippen molar-refractivity contribution in [1.82, 2.24) is 20.2 Å². The number of amides is 1. The third kappa shape index (κ3) is 4.24. The van der Waals surface area contributed by atoms with Crippen LogP contribution in [0.2, 0.25) is 0 Å². The average molecular weight is 446 g/mol. The smallest absolute Gasteiger partial charge is 0.251 e. The van der Waals surface area contributed by atoms with Crippen LogP contribution in [-0.2, 0) is 17.8 Å². The molecule has 0 bridgehead atoms. The molecule has 1 amide bonds. The Morgan fingerprint density at radius 1 is 1.12 bits per heavy atom. The summed E-state index contributed by atoms with van der Waals surface area (Å²) in [6, 6.07) is 12.2. The maximum Gasteiger partial charge on any atom is 0.251 e. The first-order valence-electron chi connectivity index (χ1n) is 11.6. The highest BCUT2D eigenvalue weighted by atomic mass is 16.5. The topological polar surface area (TPSA) is 79.8 Å². The number of carbonyl (C=O) groups is 1. The molecule has 1 atom stereocenters. The van der Waals surface area contributed by atoms with Crippen LogP contribution >= 0.6 is 0 Å². The number of benzene rings is 2. The van der Waals surface area contributed by atoms with Gasteiger partial charge in [0.15, 0.2) is 0 Å². The molecule has 170 valence electrons. The summed E-state index contributed by atoms with van der Waals surface area (Å²) >= 11 is 0. The number of nitrogens with zero attached hydrogens (tertiary/aromatic N) is 4. The summed E-state index contributed by atoms with van der Waals surface area (Å²) in [4.78, 5) is 25.7. The van der Waals surface area contributed by atoms with Crippen molar-refractivity contribution in [3.8, 4) is 5.75 Å². The minimum atomic E-state index is 0.00157. The number of nitrogens with one attached hydrogen (secondary N) is 1. The van der Waals surface area contributed by atoms with Crippen molar-refractivity contribution < 1.29 is 14.3 Å². The number of aromatic nitrogens is 2. The van der Waals surface area contributed by atoms with Crippen LogP contribution in [0.1, 0.15) is 27.9 Å². The fourth-order valence-electron chi connectivity index (χ4n) is 4.86. The molecular formula is C25H27N5O3. The second kappa shape index (κ2) is 8.61. The summed E-state index contributed by atoms with van der Waals surface area (Å²) in [6.45, 7) is 6.48. The summed E-state index contributed by atoms with van der Waals surface area (Å²) in [5.74, 6) is 1.63. The molecular weight excluding hydrogens is 418 g/mol. The Kier molecular flexibility index (Phi) is 5.32. The van der Waals surface area contributed by atoms with Crippen molar-refractivity contribution in [2.45, 2.75) is 25.6 Å². The number of carbonyl (C=O) groups excluding carboxylic acids is 1. The Morgan fingerprint density at radius 2 is 2.03 bits per heavy atom. The van der Waals surface area contributed by atoms with Gasteiger partial charge in [0.2, 0.25) is 5.95 Å². The SMILES string of the molecule is O=C1NCc2cc(OC3CCN(Cc4ccc5nc(N6CCOCC6)ncc5c4)C3)ccc21. The maximum atomic E-state index is 11.7. The molecule has 1 unspecified atom stereocenters. The largest absolute Gasteiger partial charge is 0.489 e. The number of morpholine rings is 1. The number of likely N-dealkylation sites (tertiary alicyclic amines) is 1. The van der Waals surface area contributed by atoms with Crippen molar-refractivity contribution in [1.29, 1.82) is 0 Å². The predicted octanol–water partition coefficient (Wildman–Crippen LogP) is 2.36. The lowest BCUT2D eigenvalue weighted by molar-refractivity contribution is 0.0965. The summed E-state index contributed by atoms with van der Waals surface area (Å²) < 4.78 is 11.7. The van der Waals surface area contributed by atoms with Gasteiger partial charge in [-0.3, -0.25) is 9.69 Å². The van der Waals surface area contributed by atoms with Gasteiger partial charge in [-0.15, -0.1) is 0 Å². The van der Waals surface area contributed by atoms with Gasteiger partial charge in [0, 0.05) is 56.4 Å². The minimum absolute atomic E-state index is 0.00157. The Labute approximate surface area is 192 Å². The number of hydrogen-bond acceptors (Lipinski definition) is 7. The van der Waals surface area contributed by atoms with Crippen LogP contribution in [0, 0.1) is 0 Å². The standard InChI is InChI=1S/C25H27N5O3/c31-24-22-3-2-20(12-18(22)13-26-24)33-21-5-6-29(16-21)15-17-1-4-23-19(11-17)14-27-25(28-23)30-7-9-32-10-8-30/h1-4,11-12,14,21H,5-10,13,15-16H2,(H,26,31). The molecule has 2 aromatic carbocycles. The van der Waals surface area contributed by atoms with E-state index in [4.69, 9.17) is 14.5 Å². The van der Waals surface area contributed by atoms with E-state index in [1.807, 2.05) is 24.4 Å². The van der Waals surface area contributed by atoms with Crippen molar-refractivity contribution in [3.63, 3.8) is 0 Å². The Hall–Kier alpha value is -3.23. The van der Waals surface area contributed by atoms with E-state index in [0.29, 0.717) is 6.54 Å². The summed E-state index contributed by atoms with van der Waals surface area (Å²) in [6.07, 6.45) is 3.08. The molecule has 3 aliphatic rings. The summed E-state index contributed by atoms with van der Waals surface area (Å²) in [7, 11) is 0. The van der Waals surface area contributed by atoms with Crippen LogP contribution in [0.5, 0.6) is 5.75 Å². The Balaban J connectivity index is 1.08. The molecule has 3 aliphatic heterocycles. The van der Waals surface area contributed by atoms with Gasteiger partial charge in [0.1, 0.15) is 11.9 Å². The van der Waals surface area contributed by atoms with E-state index < -0.39 is 0 Å². The van der Waals surface area contributed by atoms with Gasteiger partial charge in [-0.1, -0.05) is 6.07 Å². The van der Waals surface area contributed by atoms with Crippen molar-refractivity contribution >= 4 is 22.8 Å².